The summed E-state index contributed by atoms with van der Waals surface area (Å²) in [5.74, 6) is 5.07. The van der Waals surface area contributed by atoms with Gasteiger partial charge in [0.05, 0.1) is 18.3 Å². The summed E-state index contributed by atoms with van der Waals surface area (Å²) >= 11 is 0. The predicted octanol–water partition coefficient (Wildman–Crippen LogP) is 0.824. The molecule has 0 atom stereocenters. The highest BCUT2D eigenvalue weighted by molar-refractivity contribution is 7.92. The lowest BCUT2D eigenvalue weighted by molar-refractivity contribution is 0.604. The number of nitrogens with two attached hydrogens (primary N) is 1. The Morgan fingerprint density at radius 3 is 2.74 bits per heavy atom. The first-order valence-electron chi connectivity index (χ1n) is 5.71. The normalized spacial score (nSPS) is 10.2. The Morgan fingerprint density at radius 1 is 1.42 bits per heavy atom. The van der Waals surface area contributed by atoms with Crippen LogP contribution in [0.3, 0.4) is 0 Å². The molecule has 0 aliphatic rings. The van der Waals surface area contributed by atoms with E-state index in [1.165, 1.54) is 0 Å². The minimum Gasteiger partial charge on any atom is -0.320 e. The first kappa shape index (κ1) is 15.0. The van der Waals surface area contributed by atoms with Crippen LogP contribution in [0.2, 0.25) is 0 Å². The fourth-order valence-electron chi connectivity index (χ4n) is 1.51. The highest BCUT2D eigenvalue weighted by Gasteiger charge is 2.11. The molecule has 0 bridgehead atoms. The lowest BCUT2D eigenvalue weighted by Crippen LogP contribution is -2.16. The van der Waals surface area contributed by atoms with Crippen molar-refractivity contribution >= 4 is 15.7 Å². The molecular weight excluding hydrogens is 262 g/mol. The van der Waals surface area contributed by atoms with E-state index < -0.39 is 15.8 Å². The smallest absolute Gasteiger partial charge is 0.246 e. The summed E-state index contributed by atoms with van der Waals surface area (Å²) in [7, 11) is -3.61. The molecule has 1 aromatic rings. The van der Waals surface area contributed by atoms with Gasteiger partial charge in [-0.1, -0.05) is 18.8 Å². The van der Waals surface area contributed by atoms with Crippen LogP contribution in [0.25, 0.3) is 0 Å². The molecule has 0 amide bonds. The first-order valence-corrected chi connectivity index (χ1v) is 7.37. The second-order valence-electron chi connectivity index (χ2n) is 3.75. The van der Waals surface area contributed by atoms with Crippen LogP contribution in [0.5, 0.6) is 0 Å². The number of rotatable bonds is 4. The van der Waals surface area contributed by atoms with Gasteiger partial charge in [-0.05, 0) is 30.2 Å². The Labute approximate surface area is 113 Å². The molecular formula is C13H15N3O2S. The highest BCUT2D eigenvalue weighted by atomic mass is 32.2. The molecule has 19 heavy (non-hydrogen) atoms. The van der Waals surface area contributed by atoms with Crippen LogP contribution >= 0.6 is 0 Å². The summed E-state index contributed by atoms with van der Waals surface area (Å²) in [6.07, 6.45) is 0.655. The van der Waals surface area contributed by atoms with E-state index in [1.54, 1.807) is 18.2 Å². The maximum Gasteiger partial charge on any atom is 0.246 e. The van der Waals surface area contributed by atoms with E-state index in [9.17, 15) is 8.42 Å². The van der Waals surface area contributed by atoms with Crippen LogP contribution in [0.15, 0.2) is 18.2 Å². The highest BCUT2D eigenvalue weighted by Crippen LogP contribution is 2.19. The monoisotopic (exact) mass is 277 g/mol. The van der Waals surface area contributed by atoms with Gasteiger partial charge in [0.2, 0.25) is 10.0 Å². The van der Waals surface area contributed by atoms with E-state index in [0.29, 0.717) is 12.1 Å². The van der Waals surface area contributed by atoms with E-state index in [-0.39, 0.29) is 6.54 Å². The number of nitriles is 1. The van der Waals surface area contributed by atoms with Crippen LogP contribution < -0.4 is 10.5 Å². The second kappa shape index (κ2) is 6.79. The third-order valence-electron chi connectivity index (χ3n) is 2.34. The number of anilines is 1. The number of hydrogen-bond donors (Lipinski definition) is 2. The molecule has 0 heterocycles. The molecule has 0 unspecified atom stereocenters. The minimum absolute atomic E-state index is 0.276. The quantitative estimate of drug-likeness (QED) is 0.796. The third kappa shape index (κ3) is 4.63. The van der Waals surface area contributed by atoms with Crippen molar-refractivity contribution in [2.45, 2.75) is 13.3 Å². The fourth-order valence-corrected chi connectivity index (χ4v) is 2.28. The molecule has 0 radical (unpaired) electrons. The van der Waals surface area contributed by atoms with Crippen molar-refractivity contribution in [2.24, 2.45) is 5.73 Å². The summed E-state index contributed by atoms with van der Waals surface area (Å²) in [6.45, 7) is 2.19. The Kier molecular flexibility index (Phi) is 5.37. The molecule has 3 N–H and O–H groups in total. The van der Waals surface area contributed by atoms with Gasteiger partial charge in [0.15, 0.2) is 5.75 Å². The van der Waals surface area contributed by atoms with Crippen LogP contribution in [-0.2, 0) is 16.4 Å². The molecule has 5 nitrogen and oxygen atoms in total. The molecule has 6 heteroatoms. The largest absolute Gasteiger partial charge is 0.320 e. The topological polar surface area (TPSA) is 96.0 Å². The van der Waals surface area contributed by atoms with Crippen LogP contribution in [0.1, 0.15) is 18.1 Å². The zero-order valence-corrected chi connectivity index (χ0v) is 11.4. The summed E-state index contributed by atoms with van der Waals surface area (Å²) in [6, 6.07) is 6.79. The molecule has 0 saturated heterocycles. The van der Waals surface area contributed by atoms with Gasteiger partial charge in [-0.25, -0.2) is 8.42 Å². The SMILES string of the molecule is CCc1cc(C#CCN)ccc1NS(=O)(=O)CC#N. The molecule has 100 valence electrons. The van der Waals surface area contributed by atoms with Crippen molar-refractivity contribution in [1.82, 2.24) is 0 Å². The Hall–Kier alpha value is -2.02. The van der Waals surface area contributed by atoms with Crippen molar-refractivity contribution in [3.05, 3.63) is 29.3 Å². The Bertz CT molecular complexity index is 649. The van der Waals surface area contributed by atoms with Crippen molar-refractivity contribution < 1.29 is 8.42 Å². The fraction of sp³-hybridized carbons (Fsp3) is 0.308. The molecule has 0 aromatic heterocycles. The number of nitrogens with zero attached hydrogens (tertiary/aromatic N) is 1. The van der Waals surface area contributed by atoms with Gasteiger partial charge in [-0.2, -0.15) is 5.26 Å². The van der Waals surface area contributed by atoms with Crippen molar-refractivity contribution in [1.29, 1.82) is 5.26 Å². The first-order chi connectivity index (χ1) is 9.02. The average Bonchev–Trinajstić information content (AvgIpc) is 2.37. The van der Waals surface area contributed by atoms with E-state index in [2.05, 4.69) is 16.6 Å². The van der Waals surface area contributed by atoms with Gasteiger partial charge >= 0.3 is 0 Å². The Balaban J connectivity index is 3.07. The summed E-state index contributed by atoms with van der Waals surface area (Å²) in [5.41, 5.74) is 7.39. The molecule has 0 fully saturated rings. The van der Waals surface area contributed by atoms with Gasteiger partial charge in [0.25, 0.3) is 0 Å². The van der Waals surface area contributed by atoms with E-state index in [1.807, 2.05) is 13.0 Å². The van der Waals surface area contributed by atoms with Gasteiger partial charge in [-0.15, -0.1) is 0 Å². The summed E-state index contributed by atoms with van der Waals surface area (Å²) in [5, 5.41) is 8.45. The minimum atomic E-state index is -3.61. The number of sulfonamides is 1. The van der Waals surface area contributed by atoms with Crippen molar-refractivity contribution in [3.8, 4) is 17.9 Å². The van der Waals surface area contributed by atoms with Crippen LogP contribution in [0, 0.1) is 23.2 Å². The zero-order chi connectivity index (χ0) is 14.3. The van der Waals surface area contributed by atoms with Crippen molar-refractivity contribution in [3.63, 3.8) is 0 Å². The number of benzene rings is 1. The standard InChI is InChI=1S/C13H15N3O2S/c1-2-12-10-11(4-3-7-14)5-6-13(12)16-19(17,18)9-8-15/h5-6,10,16H,2,7,9,14H2,1H3. The lowest BCUT2D eigenvalue weighted by Gasteiger charge is -2.10. The molecule has 0 saturated carbocycles. The number of nitrogens with one attached hydrogen (secondary N) is 1. The molecule has 0 spiro atoms. The van der Waals surface area contributed by atoms with Crippen LogP contribution in [0.4, 0.5) is 5.69 Å². The van der Waals surface area contributed by atoms with E-state index in [4.69, 9.17) is 11.0 Å². The Morgan fingerprint density at radius 2 is 2.16 bits per heavy atom. The number of aryl methyl sites for hydroxylation is 1. The maximum atomic E-state index is 11.5. The second-order valence-corrected chi connectivity index (χ2v) is 5.47. The van der Waals surface area contributed by atoms with Gasteiger partial charge in [0, 0.05) is 5.56 Å². The predicted molar refractivity (Wildman–Crippen MR) is 74.8 cm³/mol. The van der Waals surface area contributed by atoms with E-state index >= 15 is 0 Å². The summed E-state index contributed by atoms with van der Waals surface area (Å²) < 4.78 is 25.5. The van der Waals surface area contributed by atoms with Gasteiger partial charge < -0.3 is 5.73 Å². The molecule has 0 aliphatic carbocycles. The van der Waals surface area contributed by atoms with Crippen LogP contribution in [-0.4, -0.2) is 20.7 Å². The van der Waals surface area contributed by atoms with Gasteiger partial charge in [-0.3, -0.25) is 4.72 Å². The van der Waals surface area contributed by atoms with Gasteiger partial charge in [0.1, 0.15) is 0 Å². The third-order valence-corrected chi connectivity index (χ3v) is 3.38. The summed E-state index contributed by atoms with van der Waals surface area (Å²) in [4.78, 5) is 0. The average molecular weight is 277 g/mol. The van der Waals surface area contributed by atoms with E-state index in [0.717, 1.165) is 11.1 Å². The van der Waals surface area contributed by atoms with Crippen molar-refractivity contribution in [2.75, 3.05) is 17.0 Å². The molecule has 0 aliphatic heterocycles. The zero-order valence-electron chi connectivity index (χ0n) is 10.6. The number of hydrogen-bond acceptors (Lipinski definition) is 4. The molecule has 1 rings (SSSR count). The lowest BCUT2D eigenvalue weighted by atomic mass is 10.1. The maximum absolute atomic E-state index is 11.5. The molecule has 1 aromatic carbocycles.